The summed E-state index contributed by atoms with van der Waals surface area (Å²) in [6.45, 7) is 6.95. The Morgan fingerprint density at radius 2 is 2.00 bits per heavy atom. The fourth-order valence-corrected chi connectivity index (χ4v) is 1.15. The molecule has 1 saturated heterocycles. The van der Waals surface area contributed by atoms with Crippen LogP contribution in [0.5, 0.6) is 0 Å². The molecule has 1 amide bonds. The van der Waals surface area contributed by atoms with Crippen LogP contribution in [0, 0.1) is 0 Å². The van der Waals surface area contributed by atoms with E-state index in [1.807, 2.05) is 0 Å². The topological polar surface area (TPSA) is 55.8 Å². The third-order valence-electron chi connectivity index (χ3n) is 2.04. The van der Waals surface area contributed by atoms with E-state index in [0.29, 0.717) is 31.9 Å². The summed E-state index contributed by atoms with van der Waals surface area (Å²) < 4.78 is 9.85. The molecule has 0 unspecified atom stereocenters. The van der Waals surface area contributed by atoms with Gasteiger partial charge in [-0.15, -0.1) is 0 Å². The number of hydrogen-bond acceptors (Lipinski definition) is 4. The Kier molecular flexibility index (Phi) is 4.30. The van der Waals surface area contributed by atoms with Crippen LogP contribution in [0.1, 0.15) is 6.92 Å². The fourth-order valence-electron chi connectivity index (χ4n) is 1.15. The maximum absolute atomic E-state index is 11.5. The molecular weight excluding hydrogens is 198 g/mol. The molecule has 0 aromatic rings. The van der Waals surface area contributed by atoms with Crippen LogP contribution in [-0.4, -0.2) is 49.7 Å². The van der Waals surface area contributed by atoms with E-state index >= 15 is 0 Å². The number of esters is 1. The van der Waals surface area contributed by atoms with E-state index in [2.05, 4.69) is 6.58 Å². The molecule has 0 radical (unpaired) electrons. The highest BCUT2D eigenvalue weighted by Crippen LogP contribution is 1.99. The lowest BCUT2D eigenvalue weighted by atomic mass is 10.3. The number of amides is 1. The Hall–Kier alpha value is -1.36. The molecular formula is C10H15NO4. The van der Waals surface area contributed by atoms with E-state index in [-0.39, 0.29) is 12.5 Å². The molecule has 0 atom stereocenters. The second kappa shape index (κ2) is 5.50. The normalized spacial score (nSPS) is 15.9. The molecule has 1 aliphatic heterocycles. The molecule has 0 saturated carbocycles. The molecule has 0 aliphatic carbocycles. The lowest BCUT2D eigenvalue weighted by Gasteiger charge is -2.26. The van der Waals surface area contributed by atoms with Crippen molar-refractivity contribution in [3.8, 4) is 0 Å². The summed E-state index contributed by atoms with van der Waals surface area (Å²) in [4.78, 5) is 24.1. The summed E-state index contributed by atoms with van der Waals surface area (Å²) in [5, 5.41) is 0. The minimum Gasteiger partial charge on any atom is -0.452 e. The van der Waals surface area contributed by atoms with Crippen LogP contribution in [0.3, 0.4) is 0 Å². The van der Waals surface area contributed by atoms with Gasteiger partial charge >= 0.3 is 5.97 Å². The highest BCUT2D eigenvalue weighted by atomic mass is 16.5. The second-order valence-corrected chi connectivity index (χ2v) is 3.35. The molecule has 1 fully saturated rings. The maximum atomic E-state index is 11.5. The summed E-state index contributed by atoms with van der Waals surface area (Å²) in [7, 11) is 0. The lowest BCUT2D eigenvalue weighted by molar-refractivity contribution is -0.150. The molecule has 5 nitrogen and oxygen atoms in total. The molecule has 0 aromatic heterocycles. The van der Waals surface area contributed by atoms with Crippen molar-refractivity contribution in [3.63, 3.8) is 0 Å². The molecule has 1 rings (SSSR count). The van der Waals surface area contributed by atoms with Gasteiger partial charge in [-0.25, -0.2) is 4.79 Å². The largest absolute Gasteiger partial charge is 0.452 e. The molecule has 1 heterocycles. The Balaban J connectivity index is 2.28. The van der Waals surface area contributed by atoms with Gasteiger partial charge in [0.25, 0.3) is 5.91 Å². The SMILES string of the molecule is C=C(C)C(=O)OCC(=O)N1CCOCC1. The molecule has 0 spiro atoms. The number of morpholine rings is 1. The van der Waals surface area contributed by atoms with Gasteiger partial charge in [-0.1, -0.05) is 6.58 Å². The van der Waals surface area contributed by atoms with Gasteiger partial charge in [-0.2, -0.15) is 0 Å². The summed E-state index contributed by atoms with van der Waals surface area (Å²) in [6.07, 6.45) is 0. The second-order valence-electron chi connectivity index (χ2n) is 3.35. The van der Waals surface area contributed by atoms with Crippen molar-refractivity contribution in [1.29, 1.82) is 0 Å². The number of ether oxygens (including phenoxy) is 2. The van der Waals surface area contributed by atoms with E-state index in [0.717, 1.165) is 0 Å². The van der Waals surface area contributed by atoms with E-state index in [1.54, 1.807) is 11.8 Å². The first-order valence-corrected chi connectivity index (χ1v) is 4.79. The standard InChI is InChI=1S/C10H15NO4/c1-8(2)10(13)15-7-9(12)11-3-5-14-6-4-11/h1,3-7H2,2H3. The smallest absolute Gasteiger partial charge is 0.333 e. The van der Waals surface area contributed by atoms with Crippen molar-refractivity contribution in [2.24, 2.45) is 0 Å². The third-order valence-corrected chi connectivity index (χ3v) is 2.04. The molecule has 0 N–H and O–H groups in total. The predicted octanol–water partition coefficient (Wildman–Crippen LogP) is -0.0355. The van der Waals surface area contributed by atoms with Gasteiger partial charge in [0.1, 0.15) is 0 Å². The van der Waals surface area contributed by atoms with Gasteiger partial charge in [-0.3, -0.25) is 4.79 Å². The molecule has 5 heteroatoms. The highest BCUT2D eigenvalue weighted by molar-refractivity contribution is 5.89. The van der Waals surface area contributed by atoms with Crippen molar-refractivity contribution in [1.82, 2.24) is 4.90 Å². The number of nitrogens with zero attached hydrogens (tertiary/aromatic N) is 1. The van der Waals surface area contributed by atoms with Crippen molar-refractivity contribution in [2.75, 3.05) is 32.9 Å². The van der Waals surface area contributed by atoms with Crippen LogP contribution >= 0.6 is 0 Å². The molecule has 1 aliphatic rings. The molecule has 0 aromatic carbocycles. The van der Waals surface area contributed by atoms with Gasteiger partial charge in [-0.05, 0) is 6.92 Å². The average Bonchev–Trinajstić information content (AvgIpc) is 2.26. The average molecular weight is 213 g/mol. The Labute approximate surface area is 88.6 Å². The van der Waals surface area contributed by atoms with Crippen LogP contribution < -0.4 is 0 Å². The van der Waals surface area contributed by atoms with Crippen molar-refractivity contribution >= 4 is 11.9 Å². The molecule has 0 bridgehead atoms. The first-order chi connectivity index (χ1) is 7.11. The predicted molar refractivity (Wildman–Crippen MR) is 53.2 cm³/mol. The Morgan fingerprint density at radius 1 is 1.40 bits per heavy atom. The Bertz CT molecular complexity index is 269. The number of rotatable bonds is 3. The van der Waals surface area contributed by atoms with Crippen LogP contribution in [0.2, 0.25) is 0 Å². The summed E-state index contributed by atoms with van der Waals surface area (Å²) in [5.41, 5.74) is 0.296. The first kappa shape index (κ1) is 11.7. The van der Waals surface area contributed by atoms with Crippen molar-refractivity contribution in [3.05, 3.63) is 12.2 Å². The van der Waals surface area contributed by atoms with E-state index in [9.17, 15) is 9.59 Å². The van der Waals surface area contributed by atoms with E-state index in [4.69, 9.17) is 9.47 Å². The summed E-state index contributed by atoms with van der Waals surface area (Å²) in [6, 6.07) is 0. The minimum absolute atomic E-state index is 0.187. The first-order valence-electron chi connectivity index (χ1n) is 4.79. The van der Waals surface area contributed by atoms with Crippen molar-refractivity contribution < 1.29 is 19.1 Å². The summed E-state index contributed by atoms with van der Waals surface area (Å²) in [5.74, 6) is -0.718. The van der Waals surface area contributed by atoms with Gasteiger partial charge in [0.15, 0.2) is 6.61 Å². The zero-order valence-electron chi connectivity index (χ0n) is 8.82. The van der Waals surface area contributed by atoms with Gasteiger partial charge in [0.05, 0.1) is 13.2 Å². The van der Waals surface area contributed by atoms with Crippen LogP contribution in [0.15, 0.2) is 12.2 Å². The minimum atomic E-state index is -0.531. The summed E-state index contributed by atoms with van der Waals surface area (Å²) >= 11 is 0. The van der Waals surface area contributed by atoms with Crippen molar-refractivity contribution in [2.45, 2.75) is 6.92 Å². The number of carbonyl (C=O) groups is 2. The Morgan fingerprint density at radius 3 is 2.53 bits per heavy atom. The quantitative estimate of drug-likeness (QED) is 0.488. The zero-order valence-corrected chi connectivity index (χ0v) is 8.82. The van der Waals surface area contributed by atoms with Gasteiger partial charge < -0.3 is 14.4 Å². The monoisotopic (exact) mass is 213 g/mol. The van der Waals surface area contributed by atoms with Gasteiger partial charge in [0.2, 0.25) is 0 Å². The maximum Gasteiger partial charge on any atom is 0.333 e. The zero-order chi connectivity index (χ0) is 11.3. The fraction of sp³-hybridized carbons (Fsp3) is 0.600. The van der Waals surface area contributed by atoms with Crippen LogP contribution in [0.25, 0.3) is 0 Å². The third kappa shape index (κ3) is 3.71. The number of carbonyl (C=O) groups excluding carboxylic acids is 2. The molecule has 84 valence electrons. The number of hydrogen-bond donors (Lipinski definition) is 0. The lowest BCUT2D eigenvalue weighted by Crippen LogP contribution is -2.42. The van der Waals surface area contributed by atoms with Crippen LogP contribution in [0.4, 0.5) is 0 Å². The molecule has 15 heavy (non-hydrogen) atoms. The van der Waals surface area contributed by atoms with E-state index in [1.165, 1.54) is 0 Å². The van der Waals surface area contributed by atoms with E-state index < -0.39 is 5.97 Å². The van der Waals surface area contributed by atoms with Crippen LogP contribution in [-0.2, 0) is 19.1 Å². The van der Waals surface area contributed by atoms with Gasteiger partial charge in [0, 0.05) is 18.7 Å². The highest BCUT2D eigenvalue weighted by Gasteiger charge is 2.18.